The highest BCUT2D eigenvalue weighted by Crippen LogP contribution is 2.28. The van der Waals surface area contributed by atoms with Crippen molar-refractivity contribution < 1.29 is 5.11 Å². The molecule has 80 valence electrons. The monoisotopic (exact) mass is 226 g/mol. The van der Waals surface area contributed by atoms with Crippen molar-refractivity contribution in [1.29, 1.82) is 0 Å². The number of aliphatic hydroxyl groups excluding tert-OH is 1. The molecule has 0 fully saturated rings. The SMILES string of the molecule is NCC[C@H](O)c1c[nH]c2ncnc(Cl)c12. The standard InChI is InChI=1S/C9H11ClN4O/c10-8-7-5(6(15)1-2-11)3-12-9(7)14-4-13-8/h3-4,6,15H,1-2,11H2,(H,12,13,14)/t6-/m0/s1. The van der Waals surface area contributed by atoms with Gasteiger partial charge in [0.2, 0.25) is 0 Å². The third-order valence-electron chi connectivity index (χ3n) is 2.25. The molecule has 0 radical (unpaired) electrons. The van der Waals surface area contributed by atoms with E-state index < -0.39 is 6.10 Å². The fraction of sp³-hybridized carbons (Fsp3) is 0.333. The molecule has 2 rings (SSSR count). The van der Waals surface area contributed by atoms with E-state index in [-0.39, 0.29) is 0 Å². The second-order valence-corrected chi connectivity index (χ2v) is 3.58. The minimum Gasteiger partial charge on any atom is -0.388 e. The maximum Gasteiger partial charge on any atom is 0.142 e. The van der Waals surface area contributed by atoms with Crippen LogP contribution in [-0.2, 0) is 0 Å². The van der Waals surface area contributed by atoms with Crippen molar-refractivity contribution in [1.82, 2.24) is 15.0 Å². The number of aromatic nitrogens is 3. The molecule has 0 aliphatic rings. The Bertz CT molecular complexity index is 470. The number of aromatic amines is 1. The van der Waals surface area contributed by atoms with Crippen molar-refractivity contribution in [2.75, 3.05) is 6.54 Å². The summed E-state index contributed by atoms with van der Waals surface area (Å²) in [4.78, 5) is 10.8. The number of nitrogens with one attached hydrogen (secondary N) is 1. The topological polar surface area (TPSA) is 87.8 Å². The lowest BCUT2D eigenvalue weighted by Crippen LogP contribution is -2.06. The van der Waals surface area contributed by atoms with Crippen molar-refractivity contribution in [3.05, 3.63) is 23.2 Å². The van der Waals surface area contributed by atoms with Gasteiger partial charge in [0.25, 0.3) is 0 Å². The zero-order chi connectivity index (χ0) is 10.8. The van der Waals surface area contributed by atoms with Crippen LogP contribution < -0.4 is 5.73 Å². The van der Waals surface area contributed by atoms with Gasteiger partial charge in [-0.2, -0.15) is 0 Å². The summed E-state index contributed by atoms with van der Waals surface area (Å²) in [6.45, 7) is 0.416. The lowest BCUT2D eigenvalue weighted by atomic mass is 10.1. The first-order chi connectivity index (χ1) is 7.24. The Hall–Kier alpha value is -1.17. The van der Waals surface area contributed by atoms with Crippen molar-refractivity contribution in [2.45, 2.75) is 12.5 Å². The average Bonchev–Trinajstić information content (AvgIpc) is 2.63. The largest absolute Gasteiger partial charge is 0.388 e. The van der Waals surface area contributed by atoms with Gasteiger partial charge >= 0.3 is 0 Å². The van der Waals surface area contributed by atoms with Gasteiger partial charge in [-0.25, -0.2) is 9.97 Å². The maximum absolute atomic E-state index is 9.82. The first-order valence-electron chi connectivity index (χ1n) is 4.59. The molecule has 0 saturated heterocycles. The fourth-order valence-corrected chi connectivity index (χ4v) is 1.77. The summed E-state index contributed by atoms with van der Waals surface area (Å²) in [6.07, 6.45) is 2.91. The van der Waals surface area contributed by atoms with E-state index in [2.05, 4.69) is 15.0 Å². The molecule has 0 spiro atoms. The molecule has 1 atom stereocenters. The minimum atomic E-state index is -0.632. The molecule has 0 amide bonds. The van der Waals surface area contributed by atoms with Gasteiger partial charge in [-0.1, -0.05) is 11.6 Å². The molecule has 2 aromatic rings. The summed E-state index contributed by atoms with van der Waals surface area (Å²) in [5.74, 6) is 0. The molecule has 0 saturated carbocycles. The predicted octanol–water partition coefficient (Wildman–Crippen LogP) is 0.994. The second-order valence-electron chi connectivity index (χ2n) is 3.23. The van der Waals surface area contributed by atoms with Gasteiger partial charge in [-0.05, 0) is 13.0 Å². The van der Waals surface area contributed by atoms with Gasteiger partial charge < -0.3 is 15.8 Å². The van der Waals surface area contributed by atoms with Gasteiger partial charge in [0.05, 0.1) is 11.5 Å². The van der Waals surface area contributed by atoms with Crippen LogP contribution in [0.3, 0.4) is 0 Å². The van der Waals surface area contributed by atoms with Crippen LogP contribution in [0.1, 0.15) is 18.1 Å². The Kier molecular flexibility index (Phi) is 2.86. The van der Waals surface area contributed by atoms with Gasteiger partial charge in [0, 0.05) is 11.8 Å². The summed E-state index contributed by atoms with van der Waals surface area (Å²) >= 11 is 5.93. The molecule has 0 aromatic carbocycles. The number of hydrogen-bond donors (Lipinski definition) is 3. The van der Waals surface area contributed by atoms with E-state index in [1.165, 1.54) is 6.33 Å². The van der Waals surface area contributed by atoms with Gasteiger partial charge in [-0.15, -0.1) is 0 Å². The minimum absolute atomic E-state index is 0.340. The summed E-state index contributed by atoms with van der Waals surface area (Å²) < 4.78 is 0. The number of nitrogens with zero attached hydrogens (tertiary/aromatic N) is 2. The molecular formula is C9H11ClN4O. The summed E-state index contributed by atoms with van der Waals surface area (Å²) in [5, 5.41) is 10.8. The Labute approximate surface area is 91.3 Å². The Balaban J connectivity index is 2.52. The van der Waals surface area contributed by atoms with Crippen LogP contribution in [0.4, 0.5) is 0 Å². The molecule has 2 heterocycles. The Morgan fingerprint density at radius 2 is 2.33 bits per heavy atom. The van der Waals surface area contributed by atoms with Crippen LogP contribution in [0.5, 0.6) is 0 Å². The van der Waals surface area contributed by atoms with Crippen LogP contribution in [0.15, 0.2) is 12.5 Å². The number of fused-ring (bicyclic) bond motifs is 1. The first-order valence-corrected chi connectivity index (χ1v) is 4.97. The van der Waals surface area contributed by atoms with E-state index in [0.29, 0.717) is 34.7 Å². The third kappa shape index (κ3) is 1.81. The van der Waals surface area contributed by atoms with Crippen molar-refractivity contribution >= 4 is 22.6 Å². The molecule has 4 N–H and O–H groups in total. The number of rotatable bonds is 3. The normalized spacial score (nSPS) is 13.3. The zero-order valence-electron chi connectivity index (χ0n) is 7.94. The summed E-state index contributed by atoms with van der Waals surface area (Å²) in [6, 6.07) is 0. The van der Waals surface area contributed by atoms with E-state index in [4.69, 9.17) is 17.3 Å². The number of aliphatic hydroxyl groups is 1. The van der Waals surface area contributed by atoms with Gasteiger partial charge in [0.1, 0.15) is 17.1 Å². The van der Waals surface area contributed by atoms with Crippen LogP contribution >= 0.6 is 11.6 Å². The fourth-order valence-electron chi connectivity index (χ4n) is 1.52. The number of nitrogens with two attached hydrogens (primary N) is 1. The van der Waals surface area contributed by atoms with E-state index >= 15 is 0 Å². The lowest BCUT2D eigenvalue weighted by Gasteiger charge is -2.07. The highest BCUT2D eigenvalue weighted by molar-refractivity contribution is 6.34. The molecule has 0 aliphatic heterocycles. The molecule has 0 bridgehead atoms. The summed E-state index contributed by atoms with van der Waals surface area (Å²) in [7, 11) is 0. The average molecular weight is 227 g/mol. The number of H-pyrrole nitrogens is 1. The molecule has 5 nitrogen and oxygen atoms in total. The number of hydrogen-bond acceptors (Lipinski definition) is 4. The quantitative estimate of drug-likeness (QED) is 0.682. The molecule has 2 aromatic heterocycles. The molecule has 0 unspecified atom stereocenters. The highest BCUT2D eigenvalue weighted by atomic mass is 35.5. The van der Waals surface area contributed by atoms with Crippen molar-refractivity contribution in [2.24, 2.45) is 5.73 Å². The molecular weight excluding hydrogens is 216 g/mol. The number of halogens is 1. The first kappa shape index (κ1) is 10.4. The zero-order valence-corrected chi connectivity index (χ0v) is 8.70. The van der Waals surface area contributed by atoms with Crippen LogP contribution in [0.25, 0.3) is 11.0 Å². The molecule has 0 aliphatic carbocycles. The summed E-state index contributed by atoms with van der Waals surface area (Å²) in [5.41, 5.74) is 6.70. The van der Waals surface area contributed by atoms with Crippen LogP contribution in [0, 0.1) is 0 Å². The van der Waals surface area contributed by atoms with Crippen LogP contribution in [-0.4, -0.2) is 26.6 Å². The van der Waals surface area contributed by atoms with E-state index in [1.807, 2.05) is 0 Å². The second kappa shape index (κ2) is 4.14. The lowest BCUT2D eigenvalue weighted by molar-refractivity contribution is 0.172. The maximum atomic E-state index is 9.82. The molecule has 15 heavy (non-hydrogen) atoms. The van der Waals surface area contributed by atoms with Crippen molar-refractivity contribution in [3.8, 4) is 0 Å². The Morgan fingerprint density at radius 1 is 1.53 bits per heavy atom. The third-order valence-corrected chi connectivity index (χ3v) is 2.54. The van der Waals surface area contributed by atoms with Gasteiger partial charge in [-0.3, -0.25) is 0 Å². The van der Waals surface area contributed by atoms with E-state index in [9.17, 15) is 5.11 Å². The van der Waals surface area contributed by atoms with E-state index in [1.54, 1.807) is 6.20 Å². The van der Waals surface area contributed by atoms with Crippen molar-refractivity contribution in [3.63, 3.8) is 0 Å². The predicted molar refractivity (Wildman–Crippen MR) is 57.5 cm³/mol. The van der Waals surface area contributed by atoms with Gasteiger partial charge in [0.15, 0.2) is 0 Å². The molecule has 6 heteroatoms. The van der Waals surface area contributed by atoms with Crippen LogP contribution in [0.2, 0.25) is 5.15 Å². The van der Waals surface area contributed by atoms with E-state index in [0.717, 1.165) is 0 Å². The highest BCUT2D eigenvalue weighted by Gasteiger charge is 2.15. The Morgan fingerprint density at radius 3 is 3.07 bits per heavy atom. The smallest absolute Gasteiger partial charge is 0.142 e.